The Morgan fingerprint density at radius 3 is 2.24 bits per heavy atom. The second-order valence-electron chi connectivity index (χ2n) is 10.6. The van der Waals surface area contributed by atoms with Crippen LogP contribution in [0.1, 0.15) is 74.1 Å². The van der Waals surface area contributed by atoms with Crippen LogP contribution in [0.3, 0.4) is 0 Å². The van der Waals surface area contributed by atoms with Crippen molar-refractivity contribution < 1.29 is 23.9 Å². The van der Waals surface area contributed by atoms with Crippen molar-refractivity contribution in [3.05, 3.63) is 12.1 Å². The summed E-state index contributed by atoms with van der Waals surface area (Å²) < 4.78 is 16.7. The molecular formula is C22H43BO5Si. The number of aliphatic hydroxyl groups is 1. The van der Waals surface area contributed by atoms with Crippen molar-refractivity contribution in [3.63, 3.8) is 0 Å². The Morgan fingerprint density at radius 2 is 1.76 bits per heavy atom. The van der Waals surface area contributed by atoms with Gasteiger partial charge in [-0.3, -0.25) is 4.79 Å². The van der Waals surface area contributed by atoms with Crippen molar-refractivity contribution in [1.29, 1.82) is 0 Å². The molecule has 0 aromatic heterocycles. The molecule has 1 saturated heterocycles. The molecule has 3 atom stereocenters. The van der Waals surface area contributed by atoms with Crippen LogP contribution in [0.5, 0.6) is 0 Å². The normalized spacial score (nSPS) is 21.9. The van der Waals surface area contributed by atoms with E-state index in [0.717, 1.165) is 18.9 Å². The summed E-state index contributed by atoms with van der Waals surface area (Å²) in [5.41, 5.74) is -0.756. The number of carbonyl (C=O) groups excluding carboxylic acids is 1. The van der Waals surface area contributed by atoms with Gasteiger partial charge in [-0.1, -0.05) is 51.8 Å². The molecule has 5 nitrogen and oxygen atoms in total. The first-order chi connectivity index (χ1) is 13.2. The lowest BCUT2D eigenvalue weighted by molar-refractivity contribution is -0.140. The van der Waals surface area contributed by atoms with Crippen LogP contribution in [0.15, 0.2) is 12.1 Å². The number of aliphatic hydroxyl groups excluding tert-OH is 1. The molecule has 1 heterocycles. The number of methoxy groups -OCH3 is 1. The minimum atomic E-state index is -0.960. The van der Waals surface area contributed by atoms with E-state index in [1.165, 1.54) is 7.11 Å². The molecule has 1 rings (SSSR count). The summed E-state index contributed by atoms with van der Waals surface area (Å²) in [6.45, 7) is 17.4. The number of rotatable bonds is 10. The topological polar surface area (TPSA) is 65.0 Å². The maximum Gasteiger partial charge on any atom is 0.486 e. The molecule has 0 spiro atoms. The number of ether oxygens (including phenoxy) is 1. The highest BCUT2D eigenvalue weighted by Gasteiger charge is 2.50. The van der Waals surface area contributed by atoms with Gasteiger partial charge in [0.15, 0.2) is 0 Å². The largest absolute Gasteiger partial charge is 0.486 e. The number of hydrogen-bond acceptors (Lipinski definition) is 5. The number of carbonyl (C=O) groups is 1. The number of hydrogen-bond donors (Lipinski definition) is 1. The lowest BCUT2D eigenvalue weighted by Crippen LogP contribution is -2.41. The van der Waals surface area contributed by atoms with Gasteiger partial charge in [0.25, 0.3) is 0 Å². The van der Waals surface area contributed by atoms with E-state index in [2.05, 4.69) is 27.3 Å². The van der Waals surface area contributed by atoms with Crippen molar-refractivity contribution in [3.8, 4) is 0 Å². The molecule has 0 aliphatic carbocycles. The Hall–Kier alpha value is -0.628. The first kappa shape index (κ1) is 26.4. The van der Waals surface area contributed by atoms with Gasteiger partial charge in [-0.2, -0.15) is 0 Å². The molecule has 0 saturated carbocycles. The van der Waals surface area contributed by atoms with Crippen LogP contribution < -0.4 is 0 Å². The van der Waals surface area contributed by atoms with E-state index in [0.29, 0.717) is 23.8 Å². The third kappa shape index (κ3) is 8.56. The molecule has 0 radical (unpaired) electrons. The second-order valence-corrected chi connectivity index (χ2v) is 14.7. The second kappa shape index (κ2) is 10.6. The molecule has 0 amide bonds. The Morgan fingerprint density at radius 1 is 1.21 bits per heavy atom. The Balaban J connectivity index is 2.67. The lowest BCUT2D eigenvalue weighted by atomic mass is 9.88. The van der Waals surface area contributed by atoms with Gasteiger partial charge in [-0.25, -0.2) is 0 Å². The van der Waals surface area contributed by atoms with E-state index in [9.17, 15) is 9.90 Å². The summed E-state index contributed by atoms with van der Waals surface area (Å²) in [5.74, 6) is 2.07. The highest BCUT2D eigenvalue weighted by Crippen LogP contribution is 2.37. The summed E-state index contributed by atoms with van der Waals surface area (Å²) in [6, 6.07) is 1.16. The van der Waals surface area contributed by atoms with Gasteiger partial charge in [-0.15, -0.1) is 0 Å². The average Bonchev–Trinajstić information content (AvgIpc) is 2.78. The highest BCUT2D eigenvalue weighted by molar-refractivity contribution is 6.60. The van der Waals surface area contributed by atoms with E-state index in [-0.39, 0.29) is 17.2 Å². The van der Waals surface area contributed by atoms with Crippen molar-refractivity contribution in [2.75, 3.05) is 7.11 Å². The van der Waals surface area contributed by atoms with E-state index >= 15 is 0 Å². The van der Waals surface area contributed by atoms with Gasteiger partial charge in [-0.05, 0) is 51.5 Å². The maximum atomic E-state index is 11.4. The molecule has 1 fully saturated rings. The van der Waals surface area contributed by atoms with Crippen LogP contribution in [-0.2, 0) is 18.8 Å². The zero-order valence-corrected chi connectivity index (χ0v) is 21.2. The predicted octanol–water partition coefficient (Wildman–Crippen LogP) is 4.54. The molecule has 0 bridgehead atoms. The van der Waals surface area contributed by atoms with Gasteiger partial charge in [0, 0.05) is 15.2 Å². The SMILES string of the molecule is COC(=O)CCCC(C[C@H](O)/C=C/B1OC(C)(C)C(C)(C)O1)C[SiH](C)C(C)(C)C. The molecule has 7 heteroatoms. The Labute approximate surface area is 180 Å². The number of esters is 1. The smallest absolute Gasteiger partial charge is 0.469 e. The fourth-order valence-electron chi connectivity index (χ4n) is 3.43. The van der Waals surface area contributed by atoms with Crippen LogP contribution in [-0.4, -0.2) is 51.4 Å². The predicted molar refractivity (Wildman–Crippen MR) is 123 cm³/mol. The Kier molecular flexibility index (Phi) is 9.65. The Bertz CT molecular complexity index is 540. The summed E-state index contributed by atoms with van der Waals surface area (Å²) in [5, 5.41) is 11.0. The fraction of sp³-hybridized carbons (Fsp3) is 0.864. The van der Waals surface area contributed by atoms with Gasteiger partial charge >= 0.3 is 13.1 Å². The first-order valence-electron chi connectivity index (χ1n) is 11.0. The van der Waals surface area contributed by atoms with Crippen LogP contribution in [0.2, 0.25) is 17.6 Å². The standard InChI is InChI=1S/C22H43BO5Si/c1-20(2,3)29(9)16-17(11-10-12-19(25)26-8)15-18(24)13-14-23-27-21(4,5)22(6,7)28-23/h13-14,17-18,24,29H,10-12,15-16H2,1-9H3/b14-13+/t17?,18-,29?/m1/s1. The zero-order valence-electron chi connectivity index (χ0n) is 20.1. The van der Waals surface area contributed by atoms with Crippen molar-refractivity contribution in [2.45, 2.75) is 109 Å². The van der Waals surface area contributed by atoms with E-state index in [1.807, 2.05) is 33.7 Å². The van der Waals surface area contributed by atoms with Crippen LogP contribution in [0, 0.1) is 5.92 Å². The van der Waals surface area contributed by atoms with Crippen LogP contribution in [0.4, 0.5) is 0 Å². The zero-order chi connectivity index (χ0) is 22.5. The third-order valence-electron chi connectivity index (χ3n) is 6.72. The summed E-state index contributed by atoms with van der Waals surface area (Å²) in [6.07, 6.45) is 4.14. The van der Waals surface area contributed by atoms with E-state index < -0.39 is 22.0 Å². The minimum Gasteiger partial charge on any atom is -0.469 e. The van der Waals surface area contributed by atoms with Gasteiger partial charge in [0.1, 0.15) is 0 Å². The van der Waals surface area contributed by atoms with Gasteiger partial charge in [0.2, 0.25) is 0 Å². The maximum absolute atomic E-state index is 11.4. The van der Waals surface area contributed by atoms with E-state index in [4.69, 9.17) is 14.0 Å². The van der Waals surface area contributed by atoms with Crippen LogP contribution in [0.25, 0.3) is 0 Å². The average molecular weight is 426 g/mol. The minimum absolute atomic E-state index is 0.161. The monoisotopic (exact) mass is 426 g/mol. The van der Waals surface area contributed by atoms with Crippen molar-refractivity contribution >= 4 is 21.9 Å². The molecule has 1 aliphatic rings. The third-order valence-corrected chi connectivity index (χ3v) is 11.1. The summed E-state index contributed by atoms with van der Waals surface area (Å²) >= 11 is 0. The fourth-order valence-corrected chi connectivity index (χ4v) is 5.56. The quantitative estimate of drug-likeness (QED) is 0.410. The molecule has 1 N–H and O–H groups in total. The molecule has 0 aromatic carbocycles. The van der Waals surface area contributed by atoms with Crippen molar-refractivity contribution in [2.24, 2.45) is 5.92 Å². The summed E-state index contributed by atoms with van der Waals surface area (Å²) in [7, 11) is 0.0347. The van der Waals surface area contributed by atoms with Crippen LogP contribution >= 0.6 is 0 Å². The highest BCUT2D eigenvalue weighted by atomic mass is 28.3. The molecule has 0 aromatic rings. The van der Waals surface area contributed by atoms with E-state index in [1.54, 1.807) is 6.08 Å². The molecule has 1 aliphatic heterocycles. The van der Waals surface area contributed by atoms with Gasteiger partial charge < -0.3 is 19.2 Å². The summed E-state index contributed by atoms with van der Waals surface area (Å²) in [4.78, 5) is 11.4. The molecular weight excluding hydrogens is 383 g/mol. The molecule has 2 unspecified atom stereocenters. The molecule has 168 valence electrons. The van der Waals surface area contributed by atoms with Crippen molar-refractivity contribution in [1.82, 2.24) is 0 Å². The van der Waals surface area contributed by atoms with Gasteiger partial charge in [0.05, 0.1) is 24.4 Å². The lowest BCUT2D eigenvalue weighted by Gasteiger charge is -2.32. The molecule has 29 heavy (non-hydrogen) atoms. The first-order valence-corrected chi connectivity index (χ1v) is 13.5.